The Labute approximate surface area is 171 Å². The number of oxazole rings is 2. The van der Waals surface area contributed by atoms with Gasteiger partial charge in [-0.25, -0.2) is 15.0 Å². The van der Waals surface area contributed by atoms with E-state index in [1.54, 1.807) is 25.4 Å². The van der Waals surface area contributed by atoms with Gasteiger partial charge in [-0.05, 0) is 25.0 Å². The fourth-order valence-corrected chi connectivity index (χ4v) is 2.71. The third-order valence-corrected chi connectivity index (χ3v) is 4.39. The van der Waals surface area contributed by atoms with Gasteiger partial charge in [-0.15, -0.1) is 0 Å². The number of carbonyl (C=O) groups is 2. The van der Waals surface area contributed by atoms with E-state index in [1.807, 2.05) is 0 Å². The predicted octanol–water partition coefficient (Wildman–Crippen LogP) is 2.01. The second kappa shape index (κ2) is 8.33. The lowest BCUT2D eigenvalue weighted by Crippen LogP contribution is -2.18. The average molecular weight is 412 g/mol. The van der Waals surface area contributed by atoms with Crippen LogP contribution in [0.25, 0.3) is 11.5 Å². The quantitative estimate of drug-likeness (QED) is 0.447. The Bertz CT molecular complexity index is 1070. The molecule has 3 aromatic heterocycles. The smallest absolute Gasteiger partial charge is 0.280 e. The van der Waals surface area contributed by atoms with E-state index in [0.717, 1.165) is 12.8 Å². The lowest BCUT2D eigenvalue weighted by Gasteiger charge is -2.05. The summed E-state index contributed by atoms with van der Waals surface area (Å²) in [6.45, 7) is 1.13. The van der Waals surface area contributed by atoms with Crippen LogP contribution in [-0.4, -0.2) is 47.0 Å². The largest absolute Gasteiger partial charge is 0.444 e. The number of nitrogens with one attached hydrogen (secondary N) is 2. The Morgan fingerprint density at radius 2 is 2.17 bits per heavy atom. The molecule has 0 atom stereocenters. The Balaban J connectivity index is 1.48. The van der Waals surface area contributed by atoms with E-state index in [1.165, 1.54) is 6.26 Å². The summed E-state index contributed by atoms with van der Waals surface area (Å²) in [6, 6.07) is 3.45. The number of rotatable bonds is 9. The molecule has 0 spiro atoms. The zero-order chi connectivity index (χ0) is 21.1. The molecule has 4 N–H and O–H groups in total. The number of pyridine rings is 1. The zero-order valence-corrected chi connectivity index (χ0v) is 16.2. The zero-order valence-electron chi connectivity index (χ0n) is 16.2. The maximum Gasteiger partial charge on any atom is 0.280 e. The second-order valence-corrected chi connectivity index (χ2v) is 6.71. The van der Waals surface area contributed by atoms with Gasteiger partial charge in [-0.3, -0.25) is 14.9 Å². The minimum absolute atomic E-state index is 0.00972. The molecule has 1 aliphatic rings. The number of nitrogens with two attached hydrogens (primary N) is 1. The molecule has 11 nitrogen and oxygen atoms in total. The molecule has 3 heterocycles. The summed E-state index contributed by atoms with van der Waals surface area (Å²) in [7, 11) is 1.61. The second-order valence-electron chi connectivity index (χ2n) is 6.71. The maximum absolute atomic E-state index is 12.6. The maximum atomic E-state index is 12.6. The molecule has 0 radical (unpaired) electrons. The third kappa shape index (κ3) is 4.30. The predicted molar refractivity (Wildman–Crippen MR) is 105 cm³/mol. The Kier molecular flexibility index (Phi) is 5.44. The van der Waals surface area contributed by atoms with Crippen molar-refractivity contribution in [2.75, 3.05) is 30.9 Å². The van der Waals surface area contributed by atoms with Gasteiger partial charge >= 0.3 is 0 Å². The van der Waals surface area contributed by atoms with Gasteiger partial charge in [0.05, 0.1) is 6.61 Å². The molecule has 11 heteroatoms. The molecule has 0 unspecified atom stereocenters. The van der Waals surface area contributed by atoms with Crippen LogP contribution in [0.2, 0.25) is 0 Å². The van der Waals surface area contributed by atoms with Crippen LogP contribution in [-0.2, 0) is 4.74 Å². The van der Waals surface area contributed by atoms with E-state index in [0.29, 0.717) is 30.4 Å². The van der Waals surface area contributed by atoms with Crippen LogP contribution in [0.4, 0.5) is 11.7 Å². The molecule has 2 amide bonds. The van der Waals surface area contributed by atoms with Crippen LogP contribution in [0.3, 0.4) is 0 Å². The molecular formula is C19H20N6O5. The van der Waals surface area contributed by atoms with Gasteiger partial charge in [0.25, 0.3) is 11.8 Å². The van der Waals surface area contributed by atoms with E-state index in [9.17, 15) is 9.59 Å². The molecule has 0 aliphatic heterocycles. The van der Waals surface area contributed by atoms with E-state index in [-0.39, 0.29) is 29.1 Å². The first-order valence-electron chi connectivity index (χ1n) is 9.31. The molecule has 4 rings (SSSR count). The highest BCUT2D eigenvalue weighted by Gasteiger charge is 2.32. The molecule has 0 saturated heterocycles. The Morgan fingerprint density at radius 1 is 1.33 bits per heavy atom. The number of hydrogen-bond acceptors (Lipinski definition) is 9. The molecule has 3 aromatic rings. The van der Waals surface area contributed by atoms with Gasteiger partial charge in [-0.1, -0.05) is 0 Å². The number of methoxy groups -OCH3 is 1. The van der Waals surface area contributed by atoms with Gasteiger partial charge in [0.1, 0.15) is 12.1 Å². The molecule has 30 heavy (non-hydrogen) atoms. The highest BCUT2D eigenvalue weighted by Crippen LogP contribution is 2.41. The lowest BCUT2D eigenvalue weighted by molar-refractivity contribution is 0.0996. The number of aromatic nitrogens is 3. The van der Waals surface area contributed by atoms with Crippen LogP contribution < -0.4 is 16.4 Å². The molecule has 1 aliphatic carbocycles. The van der Waals surface area contributed by atoms with Crippen LogP contribution in [0, 0.1) is 0 Å². The molecular weight excluding hydrogens is 392 g/mol. The number of carbonyl (C=O) groups excluding carboxylic acids is 2. The lowest BCUT2D eigenvalue weighted by atomic mass is 10.2. The summed E-state index contributed by atoms with van der Waals surface area (Å²) in [5.41, 5.74) is 5.86. The number of primary amides is 1. The first-order chi connectivity index (χ1) is 14.5. The molecule has 0 aromatic carbocycles. The van der Waals surface area contributed by atoms with Crippen molar-refractivity contribution in [1.29, 1.82) is 0 Å². The van der Waals surface area contributed by atoms with Crippen LogP contribution in [0.1, 0.15) is 45.6 Å². The minimum atomic E-state index is -0.785. The van der Waals surface area contributed by atoms with Crippen molar-refractivity contribution in [2.45, 2.75) is 18.8 Å². The van der Waals surface area contributed by atoms with Crippen molar-refractivity contribution < 1.29 is 23.2 Å². The van der Waals surface area contributed by atoms with E-state index >= 15 is 0 Å². The molecule has 1 fully saturated rings. The van der Waals surface area contributed by atoms with Gasteiger partial charge in [-0.2, -0.15) is 0 Å². The average Bonchev–Trinajstić information content (AvgIpc) is 3.30. The highest BCUT2D eigenvalue weighted by molar-refractivity contribution is 6.05. The van der Waals surface area contributed by atoms with E-state index in [4.69, 9.17) is 19.3 Å². The first-order valence-corrected chi connectivity index (χ1v) is 9.31. The standard InChI is InChI=1S/C19H20N6O5/c1-28-7-6-22-13-8-11(4-5-21-13)17-23-12(9-29-17)16(27)25-19-14(15(20)26)24-18(30-19)10-2-3-10/h4-5,8-10H,2-3,6-7H2,1H3,(H2,20,26)(H,21,22)(H,25,27). The fraction of sp³-hybridized carbons (Fsp3) is 0.316. The fourth-order valence-electron chi connectivity index (χ4n) is 2.71. The van der Waals surface area contributed by atoms with Crippen molar-refractivity contribution in [2.24, 2.45) is 5.73 Å². The molecule has 1 saturated carbocycles. The van der Waals surface area contributed by atoms with Gasteiger partial charge in [0.2, 0.25) is 17.7 Å². The van der Waals surface area contributed by atoms with Crippen LogP contribution >= 0.6 is 0 Å². The van der Waals surface area contributed by atoms with Crippen molar-refractivity contribution in [3.8, 4) is 11.5 Å². The monoisotopic (exact) mass is 412 g/mol. The summed E-state index contributed by atoms with van der Waals surface area (Å²) in [4.78, 5) is 36.7. The minimum Gasteiger partial charge on any atom is -0.444 e. The molecule has 0 bridgehead atoms. The summed E-state index contributed by atoms with van der Waals surface area (Å²) in [5, 5.41) is 5.59. The van der Waals surface area contributed by atoms with Crippen molar-refractivity contribution in [1.82, 2.24) is 15.0 Å². The number of hydrogen-bond donors (Lipinski definition) is 3. The Hall–Kier alpha value is -3.73. The number of anilines is 2. The number of amides is 2. The summed E-state index contributed by atoms with van der Waals surface area (Å²) in [6.07, 6.45) is 4.66. The highest BCUT2D eigenvalue weighted by atomic mass is 16.5. The SMILES string of the molecule is COCCNc1cc(-c2nc(C(=O)Nc3oc(C4CC4)nc3C(N)=O)co2)ccn1. The summed E-state index contributed by atoms with van der Waals surface area (Å²) in [5.74, 6) is -0.0769. The van der Waals surface area contributed by atoms with Gasteiger partial charge in [0.15, 0.2) is 11.4 Å². The van der Waals surface area contributed by atoms with E-state index in [2.05, 4.69) is 25.6 Å². The third-order valence-electron chi connectivity index (χ3n) is 4.39. The van der Waals surface area contributed by atoms with Gasteiger partial charge < -0.3 is 24.6 Å². The van der Waals surface area contributed by atoms with Crippen molar-refractivity contribution in [3.63, 3.8) is 0 Å². The number of nitrogens with zero attached hydrogens (tertiary/aromatic N) is 3. The first kappa shape index (κ1) is 19.6. The summed E-state index contributed by atoms with van der Waals surface area (Å²) < 4.78 is 15.9. The van der Waals surface area contributed by atoms with Crippen molar-refractivity contribution in [3.05, 3.63) is 41.9 Å². The normalized spacial score (nSPS) is 13.2. The van der Waals surface area contributed by atoms with Crippen LogP contribution in [0.5, 0.6) is 0 Å². The van der Waals surface area contributed by atoms with Crippen LogP contribution in [0.15, 0.2) is 33.4 Å². The summed E-state index contributed by atoms with van der Waals surface area (Å²) >= 11 is 0. The topological polar surface area (TPSA) is 158 Å². The number of ether oxygens (including phenoxy) is 1. The van der Waals surface area contributed by atoms with Crippen molar-refractivity contribution >= 4 is 23.5 Å². The van der Waals surface area contributed by atoms with E-state index < -0.39 is 11.8 Å². The molecule has 156 valence electrons. The van der Waals surface area contributed by atoms with Gasteiger partial charge in [0, 0.05) is 31.3 Å². The Morgan fingerprint density at radius 3 is 2.90 bits per heavy atom.